The minimum Gasteiger partial charge on any atom is -0.486 e. The van der Waals surface area contributed by atoms with Gasteiger partial charge in [-0.1, -0.05) is 58.7 Å². The van der Waals surface area contributed by atoms with Crippen LogP contribution >= 0.6 is 34.5 Å². The third kappa shape index (κ3) is 3.90. The van der Waals surface area contributed by atoms with Crippen LogP contribution in [0.25, 0.3) is 22.7 Å². The molecule has 4 rings (SSSR count). The molecule has 2 heterocycles. The molecule has 0 aliphatic rings. The molecule has 4 aromatic rings. The lowest BCUT2D eigenvalue weighted by molar-refractivity contribution is 0.305. The largest absolute Gasteiger partial charge is 0.486 e. The van der Waals surface area contributed by atoms with Gasteiger partial charge in [0.1, 0.15) is 28.8 Å². The lowest BCUT2D eigenvalue weighted by Crippen LogP contribution is -1.94. The van der Waals surface area contributed by atoms with E-state index in [0.717, 1.165) is 22.0 Å². The second-order valence-corrected chi connectivity index (χ2v) is 7.28. The number of hydrogen-bond donors (Lipinski definition) is 0. The Labute approximate surface area is 164 Å². The number of aromatic nitrogens is 2. The van der Waals surface area contributed by atoms with E-state index >= 15 is 0 Å². The van der Waals surface area contributed by atoms with Crippen LogP contribution in [0.4, 0.5) is 0 Å². The average molecular weight is 403 g/mol. The minimum atomic E-state index is 0.320. The van der Waals surface area contributed by atoms with Crippen LogP contribution in [0.1, 0.15) is 5.01 Å². The normalized spacial score (nSPS) is 10.8. The van der Waals surface area contributed by atoms with Gasteiger partial charge in [-0.05, 0) is 18.2 Å². The van der Waals surface area contributed by atoms with Crippen molar-refractivity contribution in [2.45, 2.75) is 6.61 Å². The quantitative estimate of drug-likeness (QED) is 0.390. The first kappa shape index (κ1) is 17.1. The Morgan fingerprint density at radius 2 is 1.73 bits per heavy atom. The zero-order valence-corrected chi connectivity index (χ0v) is 15.7. The van der Waals surface area contributed by atoms with Crippen molar-refractivity contribution in [2.75, 3.05) is 0 Å². The maximum Gasteiger partial charge on any atom is 0.186 e. The minimum absolute atomic E-state index is 0.320. The summed E-state index contributed by atoms with van der Waals surface area (Å²) in [6.45, 7) is 0.320. The molecule has 130 valence electrons. The van der Waals surface area contributed by atoms with Crippen LogP contribution in [0.15, 0.2) is 64.5 Å². The number of hydrogen-bond acceptors (Lipinski definition) is 5. The van der Waals surface area contributed by atoms with E-state index in [1.54, 1.807) is 18.2 Å². The van der Waals surface area contributed by atoms with E-state index in [2.05, 4.69) is 10.1 Å². The molecule has 0 aliphatic carbocycles. The van der Waals surface area contributed by atoms with Gasteiger partial charge in [0, 0.05) is 27.1 Å². The van der Waals surface area contributed by atoms with Gasteiger partial charge in [0.15, 0.2) is 5.76 Å². The van der Waals surface area contributed by atoms with E-state index in [1.807, 2.05) is 41.8 Å². The maximum atomic E-state index is 5.97. The summed E-state index contributed by atoms with van der Waals surface area (Å²) in [5, 5.41) is 7.90. The molecule has 0 saturated heterocycles. The number of benzene rings is 2. The summed E-state index contributed by atoms with van der Waals surface area (Å²) >= 11 is 13.4. The predicted molar refractivity (Wildman–Crippen MR) is 104 cm³/mol. The van der Waals surface area contributed by atoms with Gasteiger partial charge in [-0.2, -0.15) is 0 Å². The lowest BCUT2D eigenvalue weighted by Gasteiger charge is -2.04. The van der Waals surface area contributed by atoms with Crippen molar-refractivity contribution in [2.24, 2.45) is 0 Å². The van der Waals surface area contributed by atoms with E-state index in [1.165, 1.54) is 11.3 Å². The SMILES string of the molecule is Clc1cc(Cl)cc(OCc2nc(-c3cc(-c4ccccc4)no3)cs2)c1. The molecular formula is C19H12Cl2N2O2S. The fourth-order valence-corrected chi connectivity index (χ4v) is 3.59. The monoisotopic (exact) mass is 402 g/mol. The number of rotatable bonds is 5. The highest BCUT2D eigenvalue weighted by molar-refractivity contribution is 7.09. The van der Waals surface area contributed by atoms with Crippen LogP contribution < -0.4 is 4.74 Å². The summed E-state index contributed by atoms with van der Waals surface area (Å²) in [6, 6.07) is 16.8. The molecule has 0 radical (unpaired) electrons. The molecule has 0 saturated carbocycles. The first-order chi connectivity index (χ1) is 12.7. The summed E-state index contributed by atoms with van der Waals surface area (Å²) in [4.78, 5) is 4.54. The van der Waals surface area contributed by atoms with Crippen molar-refractivity contribution in [1.29, 1.82) is 0 Å². The molecule has 0 unspecified atom stereocenters. The van der Waals surface area contributed by atoms with Gasteiger partial charge >= 0.3 is 0 Å². The number of thiazole rings is 1. The Morgan fingerprint density at radius 3 is 2.50 bits per heavy atom. The maximum absolute atomic E-state index is 5.97. The van der Waals surface area contributed by atoms with Crippen LogP contribution in [0.2, 0.25) is 10.0 Å². The highest BCUT2D eigenvalue weighted by atomic mass is 35.5. The number of halogens is 2. The second kappa shape index (κ2) is 7.50. The third-order valence-corrected chi connectivity index (χ3v) is 4.84. The zero-order chi connectivity index (χ0) is 17.9. The van der Waals surface area contributed by atoms with Gasteiger partial charge in [-0.25, -0.2) is 4.98 Å². The van der Waals surface area contributed by atoms with Gasteiger partial charge in [-0.15, -0.1) is 11.3 Å². The summed E-state index contributed by atoms with van der Waals surface area (Å²) in [6.07, 6.45) is 0. The van der Waals surface area contributed by atoms with Crippen LogP contribution in [0.3, 0.4) is 0 Å². The highest BCUT2D eigenvalue weighted by Gasteiger charge is 2.12. The first-order valence-corrected chi connectivity index (χ1v) is 9.37. The van der Waals surface area contributed by atoms with Crippen molar-refractivity contribution in [3.8, 4) is 28.5 Å². The van der Waals surface area contributed by atoms with Gasteiger partial charge in [0.25, 0.3) is 0 Å². The molecule has 0 aliphatic heterocycles. The average Bonchev–Trinajstić information content (AvgIpc) is 3.29. The fraction of sp³-hybridized carbons (Fsp3) is 0.0526. The van der Waals surface area contributed by atoms with Crippen molar-refractivity contribution in [1.82, 2.24) is 10.1 Å². The topological polar surface area (TPSA) is 48.2 Å². The van der Waals surface area contributed by atoms with E-state index in [9.17, 15) is 0 Å². The zero-order valence-electron chi connectivity index (χ0n) is 13.4. The predicted octanol–water partition coefficient (Wildman–Crippen LogP) is 6.35. The smallest absolute Gasteiger partial charge is 0.186 e. The molecule has 2 aromatic carbocycles. The molecule has 2 aromatic heterocycles. The Morgan fingerprint density at radius 1 is 0.962 bits per heavy atom. The molecule has 7 heteroatoms. The van der Waals surface area contributed by atoms with E-state index in [-0.39, 0.29) is 0 Å². The van der Waals surface area contributed by atoms with E-state index < -0.39 is 0 Å². The van der Waals surface area contributed by atoms with Gasteiger partial charge < -0.3 is 9.26 Å². The molecule has 0 atom stereocenters. The Balaban J connectivity index is 1.47. The second-order valence-electron chi connectivity index (χ2n) is 5.46. The Hall–Kier alpha value is -2.34. The Kier molecular flexibility index (Phi) is 4.93. The summed E-state index contributed by atoms with van der Waals surface area (Å²) in [5.41, 5.74) is 2.51. The summed E-state index contributed by atoms with van der Waals surface area (Å²) in [7, 11) is 0. The number of nitrogens with zero attached hydrogens (tertiary/aromatic N) is 2. The first-order valence-electron chi connectivity index (χ1n) is 7.73. The van der Waals surface area contributed by atoms with Crippen molar-refractivity contribution in [3.63, 3.8) is 0 Å². The van der Waals surface area contributed by atoms with Crippen LogP contribution in [-0.4, -0.2) is 10.1 Å². The van der Waals surface area contributed by atoms with Gasteiger partial charge in [-0.3, -0.25) is 0 Å². The number of ether oxygens (including phenoxy) is 1. The summed E-state index contributed by atoms with van der Waals surface area (Å²) < 4.78 is 11.1. The van der Waals surface area contributed by atoms with Crippen LogP contribution in [0, 0.1) is 0 Å². The third-order valence-electron chi connectivity index (χ3n) is 3.58. The lowest BCUT2D eigenvalue weighted by atomic mass is 10.1. The molecule has 0 spiro atoms. The van der Waals surface area contributed by atoms with E-state index in [4.69, 9.17) is 32.5 Å². The standard InChI is InChI=1S/C19H12Cl2N2O2S/c20-13-6-14(21)8-15(7-13)24-10-19-22-17(11-26-19)18-9-16(23-25-18)12-4-2-1-3-5-12/h1-9,11H,10H2. The molecule has 0 bridgehead atoms. The van der Waals surface area contributed by atoms with Gasteiger partial charge in [0.05, 0.1) is 0 Å². The molecule has 0 fully saturated rings. The van der Waals surface area contributed by atoms with Crippen molar-refractivity contribution < 1.29 is 9.26 Å². The molecule has 4 nitrogen and oxygen atoms in total. The molecule has 26 heavy (non-hydrogen) atoms. The van der Waals surface area contributed by atoms with E-state index in [0.29, 0.717) is 28.2 Å². The highest BCUT2D eigenvalue weighted by Crippen LogP contribution is 2.28. The Bertz CT molecular complexity index is 1010. The molecular weight excluding hydrogens is 391 g/mol. The van der Waals surface area contributed by atoms with Gasteiger partial charge in [0.2, 0.25) is 0 Å². The van der Waals surface area contributed by atoms with Crippen LogP contribution in [-0.2, 0) is 6.61 Å². The molecule has 0 N–H and O–H groups in total. The van der Waals surface area contributed by atoms with Crippen molar-refractivity contribution >= 4 is 34.5 Å². The fourth-order valence-electron chi connectivity index (χ4n) is 2.39. The van der Waals surface area contributed by atoms with Crippen molar-refractivity contribution in [3.05, 3.63) is 75.0 Å². The summed E-state index contributed by atoms with van der Waals surface area (Å²) in [5.74, 6) is 1.22. The van der Waals surface area contributed by atoms with Crippen LogP contribution in [0.5, 0.6) is 5.75 Å². The molecule has 0 amide bonds.